The Kier molecular flexibility index (Phi) is 4.85. The van der Waals surface area contributed by atoms with Crippen LogP contribution in [0.15, 0.2) is 24.4 Å². The molecule has 0 saturated carbocycles. The van der Waals surface area contributed by atoms with Gasteiger partial charge in [0.2, 0.25) is 0 Å². The lowest BCUT2D eigenvalue weighted by Gasteiger charge is -2.11. The highest BCUT2D eigenvalue weighted by Gasteiger charge is 2.14. The molecule has 21 heavy (non-hydrogen) atoms. The van der Waals surface area contributed by atoms with Crippen LogP contribution < -0.4 is 10.1 Å². The third-order valence-electron chi connectivity index (χ3n) is 3.36. The molecule has 0 saturated heterocycles. The average Bonchev–Trinajstić information content (AvgIpc) is 2.85. The molecule has 0 fully saturated rings. The first-order valence-electron chi connectivity index (χ1n) is 6.70. The van der Waals surface area contributed by atoms with Crippen molar-refractivity contribution >= 4 is 17.5 Å². The first-order valence-corrected chi connectivity index (χ1v) is 7.08. The number of methoxy groups -OCH3 is 1. The summed E-state index contributed by atoms with van der Waals surface area (Å²) >= 11 is 6.08. The summed E-state index contributed by atoms with van der Waals surface area (Å²) in [6.45, 7) is 4.87. The molecule has 0 bridgehead atoms. The van der Waals surface area contributed by atoms with Gasteiger partial charge in [-0.3, -0.25) is 9.48 Å². The summed E-state index contributed by atoms with van der Waals surface area (Å²) in [7, 11) is 1.59. The van der Waals surface area contributed by atoms with Gasteiger partial charge in [0, 0.05) is 17.7 Å². The third kappa shape index (κ3) is 3.19. The normalized spacial score (nSPS) is 10.5. The molecule has 2 rings (SSSR count). The van der Waals surface area contributed by atoms with E-state index in [1.54, 1.807) is 30.1 Å². The van der Waals surface area contributed by atoms with Crippen LogP contribution in [-0.2, 0) is 13.1 Å². The van der Waals surface area contributed by atoms with Crippen LogP contribution in [0.5, 0.6) is 5.75 Å². The Balaban J connectivity index is 2.14. The molecule has 0 radical (unpaired) electrons. The fourth-order valence-electron chi connectivity index (χ4n) is 2.18. The second-order valence-corrected chi connectivity index (χ2v) is 4.98. The lowest BCUT2D eigenvalue weighted by Crippen LogP contribution is -2.25. The molecule has 0 unspecified atom stereocenters. The van der Waals surface area contributed by atoms with Gasteiger partial charge in [0.25, 0.3) is 5.91 Å². The third-order valence-corrected chi connectivity index (χ3v) is 3.68. The Hall–Kier alpha value is -2.01. The smallest absolute Gasteiger partial charge is 0.252 e. The van der Waals surface area contributed by atoms with E-state index in [4.69, 9.17) is 16.3 Å². The maximum Gasteiger partial charge on any atom is 0.252 e. The quantitative estimate of drug-likeness (QED) is 0.924. The van der Waals surface area contributed by atoms with E-state index in [0.717, 1.165) is 11.3 Å². The van der Waals surface area contributed by atoms with E-state index < -0.39 is 0 Å². The van der Waals surface area contributed by atoms with Crippen molar-refractivity contribution < 1.29 is 9.53 Å². The molecule has 0 spiro atoms. The molecule has 2 aromatic rings. The molecule has 1 aromatic heterocycles. The highest BCUT2D eigenvalue weighted by Crippen LogP contribution is 2.21. The number of carbonyl (C=O) groups excluding carboxylic acids is 1. The summed E-state index contributed by atoms with van der Waals surface area (Å²) in [5, 5.41) is 7.57. The molecule has 112 valence electrons. The fourth-order valence-corrected chi connectivity index (χ4v) is 2.38. The zero-order valence-corrected chi connectivity index (χ0v) is 13.1. The summed E-state index contributed by atoms with van der Waals surface area (Å²) < 4.78 is 6.99. The van der Waals surface area contributed by atoms with E-state index in [9.17, 15) is 4.79 Å². The van der Waals surface area contributed by atoms with Crippen LogP contribution in [-0.4, -0.2) is 22.8 Å². The van der Waals surface area contributed by atoms with Crippen LogP contribution in [0.25, 0.3) is 0 Å². The minimum atomic E-state index is -0.161. The second-order valence-electron chi connectivity index (χ2n) is 4.57. The molecule has 1 N–H and O–H groups in total. The van der Waals surface area contributed by atoms with Gasteiger partial charge in [-0.2, -0.15) is 5.10 Å². The molecule has 6 heteroatoms. The number of benzene rings is 1. The second kappa shape index (κ2) is 6.63. The van der Waals surface area contributed by atoms with Crippen LogP contribution in [0, 0.1) is 6.92 Å². The summed E-state index contributed by atoms with van der Waals surface area (Å²) in [6, 6.07) is 5.39. The van der Waals surface area contributed by atoms with Gasteiger partial charge in [-0.05, 0) is 26.0 Å². The lowest BCUT2D eigenvalue weighted by atomic mass is 10.1. The number of hydrogen-bond acceptors (Lipinski definition) is 3. The first-order chi connectivity index (χ1) is 10.1. The van der Waals surface area contributed by atoms with Crippen LogP contribution >= 0.6 is 11.6 Å². The molecule has 5 nitrogen and oxygen atoms in total. The van der Waals surface area contributed by atoms with Gasteiger partial charge >= 0.3 is 0 Å². The Labute approximate surface area is 128 Å². The Morgan fingerprint density at radius 3 is 2.90 bits per heavy atom. The number of carbonyl (C=O) groups is 1. The SMILES string of the molecule is CCn1ncc(Cl)c1CNC(=O)c1cccc(OC)c1C. The number of hydrogen-bond donors (Lipinski definition) is 1. The van der Waals surface area contributed by atoms with Crippen LogP contribution in [0.4, 0.5) is 0 Å². The number of rotatable bonds is 5. The van der Waals surface area contributed by atoms with Crippen molar-refractivity contribution in [2.75, 3.05) is 7.11 Å². The van der Waals surface area contributed by atoms with Gasteiger partial charge in [-0.15, -0.1) is 0 Å². The first kappa shape index (κ1) is 15.4. The summed E-state index contributed by atoms with van der Waals surface area (Å²) in [5.74, 6) is 0.533. The van der Waals surface area contributed by atoms with Crippen molar-refractivity contribution in [3.63, 3.8) is 0 Å². The van der Waals surface area contributed by atoms with E-state index in [1.807, 2.05) is 19.9 Å². The summed E-state index contributed by atoms with van der Waals surface area (Å²) in [5.41, 5.74) is 2.20. The van der Waals surface area contributed by atoms with Gasteiger partial charge < -0.3 is 10.1 Å². The van der Waals surface area contributed by atoms with Gasteiger partial charge in [-0.25, -0.2) is 0 Å². The van der Waals surface area contributed by atoms with Crippen molar-refractivity contribution in [3.05, 3.63) is 46.2 Å². The van der Waals surface area contributed by atoms with Crippen molar-refractivity contribution in [3.8, 4) is 5.75 Å². The fraction of sp³-hybridized carbons (Fsp3) is 0.333. The largest absolute Gasteiger partial charge is 0.496 e. The number of aryl methyl sites for hydroxylation is 1. The highest BCUT2D eigenvalue weighted by molar-refractivity contribution is 6.31. The number of halogens is 1. The van der Waals surface area contributed by atoms with Crippen molar-refractivity contribution in [2.24, 2.45) is 0 Å². The summed E-state index contributed by atoms with van der Waals surface area (Å²) in [4.78, 5) is 12.3. The summed E-state index contributed by atoms with van der Waals surface area (Å²) in [6.07, 6.45) is 1.59. The van der Waals surface area contributed by atoms with Gasteiger partial charge in [-0.1, -0.05) is 17.7 Å². The van der Waals surface area contributed by atoms with E-state index in [1.165, 1.54) is 0 Å². The zero-order chi connectivity index (χ0) is 15.4. The van der Waals surface area contributed by atoms with E-state index in [-0.39, 0.29) is 5.91 Å². The molecule has 0 aliphatic carbocycles. The number of ether oxygens (including phenoxy) is 1. The van der Waals surface area contributed by atoms with Gasteiger partial charge in [0.05, 0.1) is 30.6 Å². The molecule has 1 amide bonds. The zero-order valence-electron chi connectivity index (χ0n) is 12.3. The van der Waals surface area contributed by atoms with E-state index in [0.29, 0.717) is 29.4 Å². The molecule has 0 aliphatic rings. The average molecular weight is 308 g/mol. The van der Waals surface area contributed by atoms with Crippen molar-refractivity contribution in [2.45, 2.75) is 26.9 Å². The topological polar surface area (TPSA) is 56.2 Å². The molecule has 1 aromatic carbocycles. The van der Waals surface area contributed by atoms with Gasteiger partial charge in [0.1, 0.15) is 5.75 Å². The van der Waals surface area contributed by atoms with Crippen molar-refractivity contribution in [1.29, 1.82) is 0 Å². The molecule has 0 aliphatic heterocycles. The molecular weight excluding hydrogens is 290 g/mol. The predicted molar refractivity (Wildman–Crippen MR) is 81.8 cm³/mol. The maximum absolute atomic E-state index is 12.3. The number of amides is 1. The minimum Gasteiger partial charge on any atom is -0.496 e. The Morgan fingerprint density at radius 1 is 1.48 bits per heavy atom. The minimum absolute atomic E-state index is 0.161. The van der Waals surface area contributed by atoms with Gasteiger partial charge in [0.15, 0.2) is 0 Å². The standard InChI is InChI=1S/C15H18ClN3O2/c1-4-19-13(12(16)8-18-19)9-17-15(20)11-6-5-7-14(21-3)10(11)2/h5-8H,4,9H2,1-3H3,(H,17,20). The maximum atomic E-state index is 12.3. The number of aromatic nitrogens is 2. The molecule has 1 heterocycles. The van der Waals surface area contributed by atoms with Crippen LogP contribution in [0.3, 0.4) is 0 Å². The molecular formula is C15H18ClN3O2. The lowest BCUT2D eigenvalue weighted by molar-refractivity contribution is 0.0949. The van der Waals surface area contributed by atoms with E-state index in [2.05, 4.69) is 10.4 Å². The predicted octanol–water partition coefficient (Wildman–Crippen LogP) is 2.80. The number of nitrogens with zero attached hydrogens (tertiary/aromatic N) is 2. The highest BCUT2D eigenvalue weighted by atomic mass is 35.5. The Bertz CT molecular complexity index is 652. The van der Waals surface area contributed by atoms with E-state index >= 15 is 0 Å². The molecule has 0 atom stereocenters. The number of nitrogens with one attached hydrogen (secondary N) is 1. The van der Waals surface area contributed by atoms with Crippen LogP contribution in [0.2, 0.25) is 5.02 Å². The Morgan fingerprint density at radius 2 is 2.24 bits per heavy atom. The monoisotopic (exact) mass is 307 g/mol. The van der Waals surface area contributed by atoms with Crippen LogP contribution in [0.1, 0.15) is 28.5 Å². The van der Waals surface area contributed by atoms with Crippen molar-refractivity contribution in [1.82, 2.24) is 15.1 Å².